The second-order valence-electron chi connectivity index (χ2n) is 7.38. The zero-order chi connectivity index (χ0) is 25.1. The summed E-state index contributed by atoms with van der Waals surface area (Å²) in [5, 5.41) is 0. The fraction of sp³-hybridized carbons (Fsp3) is 0.364. The van der Waals surface area contributed by atoms with Crippen LogP contribution in [0.1, 0.15) is 45.7 Å². The van der Waals surface area contributed by atoms with E-state index in [2.05, 4.69) is 0 Å². The molecule has 33 heavy (non-hydrogen) atoms. The van der Waals surface area contributed by atoms with E-state index in [1.807, 2.05) is 0 Å². The van der Waals surface area contributed by atoms with E-state index in [4.69, 9.17) is 9.47 Å². The molecule has 180 valence electrons. The Labute approximate surface area is 187 Å². The number of methoxy groups -OCH3 is 2. The summed E-state index contributed by atoms with van der Waals surface area (Å²) >= 11 is 0. The Morgan fingerprint density at radius 3 is 1.55 bits per heavy atom. The van der Waals surface area contributed by atoms with E-state index in [0.717, 1.165) is 0 Å². The van der Waals surface area contributed by atoms with Crippen LogP contribution in [-0.2, 0) is 12.4 Å². The molecule has 0 amide bonds. The zero-order valence-electron chi connectivity index (χ0n) is 18.1. The Kier molecular flexibility index (Phi) is 8.17. The Balaban J connectivity index is 2.79. The molecule has 11 heteroatoms. The first kappa shape index (κ1) is 26.6. The van der Waals surface area contributed by atoms with Crippen LogP contribution in [0.5, 0.6) is 11.5 Å². The zero-order valence-corrected chi connectivity index (χ0v) is 19.0. The van der Waals surface area contributed by atoms with Gasteiger partial charge in [-0.1, -0.05) is 26.0 Å². The minimum Gasteiger partial charge on any atom is -0.496 e. The largest absolute Gasteiger partial charge is 0.496 e. The fourth-order valence-corrected chi connectivity index (χ4v) is 5.46. The van der Waals surface area contributed by atoms with E-state index in [-0.39, 0.29) is 29.1 Å². The predicted molar refractivity (Wildman–Crippen MR) is 111 cm³/mol. The minimum absolute atomic E-state index is 0.0106. The van der Waals surface area contributed by atoms with Gasteiger partial charge in [0.05, 0.1) is 25.3 Å². The number of alkyl halides is 6. The first-order chi connectivity index (χ1) is 15.2. The highest BCUT2D eigenvalue weighted by molar-refractivity contribution is 7.90. The van der Waals surface area contributed by atoms with E-state index < -0.39 is 48.0 Å². The number of hydrogen-bond donors (Lipinski definition) is 0. The van der Waals surface area contributed by atoms with Gasteiger partial charge in [-0.3, -0.25) is 9.59 Å². The van der Waals surface area contributed by atoms with Crippen LogP contribution in [0.25, 0.3) is 0 Å². The molecule has 2 aromatic rings. The number of rotatable bonds is 8. The number of benzene rings is 2. The highest BCUT2D eigenvalue weighted by Gasteiger charge is 2.45. The topological polar surface area (TPSA) is 52.6 Å². The first-order valence-corrected chi connectivity index (χ1v) is 11.1. The summed E-state index contributed by atoms with van der Waals surface area (Å²) in [7, 11) is -0.214. The molecule has 0 saturated carbocycles. The third kappa shape index (κ3) is 5.85. The lowest BCUT2D eigenvalue weighted by molar-refractivity contribution is -0.143. The Bertz CT molecular complexity index is 976. The smallest absolute Gasteiger partial charge is 0.417 e. The fourth-order valence-electron chi connectivity index (χ4n) is 3.21. The second-order valence-corrected chi connectivity index (χ2v) is 9.41. The lowest BCUT2D eigenvalue weighted by Crippen LogP contribution is -2.22. The highest BCUT2D eigenvalue weighted by Crippen LogP contribution is 2.51. The van der Waals surface area contributed by atoms with Crippen molar-refractivity contribution in [3.63, 3.8) is 0 Å². The summed E-state index contributed by atoms with van der Waals surface area (Å²) in [5.41, 5.74) is -7.66. The summed E-state index contributed by atoms with van der Waals surface area (Å²) in [6.45, 7) is 3.21. The molecule has 0 bridgehead atoms. The number of halogens is 6. The molecule has 1 atom stereocenters. The quantitative estimate of drug-likeness (QED) is 0.297. The van der Waals surface area contributed by atoms with Crippen molar-refractivity contribution >= 4 is 19.0 Å². The molecule has 0 N–H and O–H groups in total. The van der Waals surface area contributed by atoms with Gasteiger partial charge in [0.1, 0.15) is 17.1 Å². The van der Waals surface area contributed by atoms with Crippen molar-refractivity contribution in [1.82, 2.24) is 0 Å². The van der Waals surface area contributed by atoms with Crippen LogP contribution < -0.4 is 9.47 Å². The van der Waals surface area contributed by atoms with Crippen LogP contribution >= 0.6 is 7.92 Å². The van der Waals surface area contributed by atoms with E-state index in [0.29, 0.717) is 18.2 Å². The molecule has 2 rings (SSSR count). The van der Waals surface area contributed by atoms with Gasteiger partial charge in [0, 0.05) is 13.5 Å². The number of hydrogen-bond acceptors (Lipinski definition) is 4. The third-order valence-electron chi connectivity index (χ3n) is 4.57. The molecule has 0 radical (unpaired) electrons. The van der Waals surface area contributed by atoms with Gasteiger partial charge < -0.3 is 9.47 Å². The molecule has 0 aliphatic rings. The van der Waals surface area contributed by atoms with Crippen molar-refractivity contribution in [3.8, 4) is 11.5 Å². The molecule has 0 fully saturated rings. The van der Waals surface area contributed by atoms with Crippen LogP contribution in [0.15, 0.2) is 36.4 Å². The standard InChI is InChI=1S/C22H21F6O4P/c1-12(2)11-33(20(30)18-15(31-3)9-6-10-16(18)32-4)19(29)17-13(21(23,24)25)7-5-8-14(17)22(26,27)28/h5-10,12H,11H2,1-4H3. The monoisotopic (exact) mass is 494 g/mol. The lowest BCUT2D eigenvalue weighted by atomic mass is 10.0. The number of ether oxygens (including phenoxy) is 2. The number of carbonyl (C=O) groups is 2. The summed E-state index contributed by atoms with van der Waals surface area (Å²) in [5.74, 6) is -0.399. The summed E-state index contributed by atoms with van der Waals surface area (Å²) < 4.78 is 92.0. The molecule has 0 spiro atoms. The van der Waals surface area contributed by atoms with Crippen LogP contribution in [0.2, 0.25) is 0 Å². The normalized spacial score (nSPS) is 13.1. The van der Waals surface area contributed by atoms with Crippen LogP contribution in [0, 0.1) is 5.92 Å². The highest BCUT2D eigenvalue weighted by atomic mass is 31.1. The molecule has 1 unspecified atom stereocenters. The van der Waals surface area contributed by atoms with E-state index in [9.17, 15) is 35.9 Å². The first-order valence-electron chi connectivity index (χ1n) is 9.58. The molecule has 0 saturated heterocycles. The van der Waals surface area contributed by atoms with Gasteiger partial charge in [-0.2, -0.15) is 26.3 Å². The Hall–Kier alpha value is -2.61. The van der Waals surface area contributed by atoms with Crippen molar-refractivity contribution in [2.24, 2.45) is 5.92 Å². The summed E-state index contributed by atoms with van der Waals surface area (Å²) in [6.07, 6.45) is -10.7. The molecule has 4 nitrogen and oxygen atoms in total. The molecular formula is C22H21F6O4P. The van der Waals surface area contributed by atoms with E-state index >= 15 is 0 Å². The molecule has 0 aliphatic heterocycles. The third-order valence-corrected chi connectivity index (χ3v) is 7.09. The van der Waals surface area contributed by atoms with E-state index in [1.165, 1.54) is 32.4 Å². The van der Waals surface area contributed by atoms with Gasteiger partial charge >= 0.3 is 12.4 Å². The molecule has 2 aromatic carbocycles. The molecule has 0 aromatic heterocycles. The average Bonchev–Trinajstić information content (AvgIpc) is 2.73. The maximum Gasteiger partial charge on any atom is 0.417 e. The maximum atomic E-state index is 13.6. The van der Waals surface area contributed by atoms with Crippen molar-refractivity contribution in [2.45, 2.75) is 26.2 Å². The Morgan fingerprint density at radius 1 is 0.788 bits per heavy atom. The van der Waals surface area contributed by atoms with Crippen LogP contribution in [-0.4, -0.2) is 31.4 Å². The lowest BCUT2D eigenvalue weighted by Gasteiger charge is -2.23. The van der Waals surface area contributed by atoms with Gasteiger partial charge in [0.15, 0.2) is 11.0 Å². The molecular weight excluding hydrogens is 473 g/mol. The van der Waals surface area contributed by atoms with Gasteiger partial charge in [0.2, 0.25) is 0 Å². The van der Waals surface area contributed by atoms with Gasteiger partial charge in [-0.25, -0.2) is 0 Å². The predicted octanol–water partition coefficient (Wildman–Crippen LogP) is 6.86. The number of carbonyl (C=O) groups excluding carboxylic acids is 2. The van der Waals surface area contributed by atoms with Crippen molar-refractivity contribution in [3.05, 3.63) is 58.7 Å². The van der Waals surface area contributed by atoms with E-state index in [1.54, 1.807) is 13.8 Å². The maximum absolute atomic E-state index is 13.6. The summed E-state index contributed by atoms with van der Waals surface area (Å²) in [6, 6.07) is 5.64. The molecule has 0 aliphatic carbocycles. The SMILES string of the molecule is COc1cccc(OC)c1C(=O)P(CC(C)C)C(=O)c1c(C(F)(F)F)cccc1C(F)(F)F. The minimum atomic E-state index is -5.24. The van der Waals surface area contributed by atoms with Crippen molar-refractivity contribution < 1.29 is 45.4 Å². The van der Waals surface area contributed by atoms with Crippen LogP contribution in [0.3, 0.4) is 0 Å². The summed E-state index contributed by atoms with van der Waals surface area (Å²) in [4.78, 5) is 26.8. The van der Waals surface area contributed by atoms with Crippen molar-refractivity contribution in [2.75, 3.05) is 20.4 Å². The van der Waals surface area contributed by atoms with Gasteiger partial charge in [0.25, 0.3) is 0 Å². The second kappa shape index (κ2) is 10.1. The molecule has 0 heterocycles. The van der Waals surface area contributed by atoms with Crippen molar-refractivity contribution in [1.29, 1.82) is 0 Å². The average molecular weight is 494 g/mol. The van der Waals surface area contributed by atoms with Crippen LogP contribution in [0.4, 0.5) is 26.3 Å². The van der Waals surface area contributed by atoms with Gasteiger partial charge in [-0.15, -0.1) is 0 Å². The van der Waals surface area contributed by atoms with Gasteiger partial charge in [-0.05, 0) is 36.3 Å². The Morgan fingerprint density at radius 2 is 1.18 bits per heavy atom.